The zero-order valence-corrected chi connectivity index (χ0v) is 18.5. The minimum atomic E-state index is -1.31. The molecule has 33 heavy (non-hydrogen) atoms. The van der Waals surface area contributed by atoms with Crippen molar-refractivity contribution in [1.82, 2.24) is 24.1 Å². The molecule has 5 heterocycles. The molecule has 4 aromatic heterocycles. The number of rotatable bonds is 5. The van der Waals surface area contributed by atoms with E-state index >= 15 is 0 Å². The van der Waals surface area contributed by atoms with E-state index in [9.17, 15) is 19.5 Å². The zero-order chi connectivity index (χ0) is 23.3. The third-order valence-electron chi connectivity index (χ3n) is 5.53. The molecule has 1 fully saturated rings. The lowest BCUT2D eigenvalue weighted by Gasteiger charge is -2.39. The molecular formula is C21H19N7O4S. The maximum Gasteiger partial charge on any atom is 0.341 e. The molecule has 0 saturated carbocycles. The Hall–Kier alpha value is -4.06. The van der Waals surface area contributed by atoms with Crippen LogP contribution in [0.2, 0.25) is 0 Å². The molecule has 0 aliphatic carbocycles. The number of fused-ring (bicyclic) bond motifs is 1. The van der Waals surface area contributed by atoms with Crippen molar-refractivity contribution in [1.29, 1.82) is 0 Å². The van der Waals surface area contributed by atoms with Gasteiger partial charge in [-0.05, 0) is 18.6 Å². The number of hydrogen-bond acceptors (Lipinski definition) is 8. The predicted octanol–water partition coefficient (Wildman–Crippen LogP) is 1.66. The van der Waals surface area contributed by atoms with Gasteiger partial charge in [-0.3, -0.25) is 14.2 Å². The molecule has 1 amide bonds. The van der Waals surface area contributed by atoms with E-state index in [1.165, 1.54) is 22.1 Å². The fraction of sp³-hybridized carbons (Fsp3) is 0.238. The molecule has 5 rings (SSSR count). The summed E-state index contributed by atoms with van der Waals surface area (Å²) in [6.45, 7) is 2.67. The number of nitrogens with zero attached hydrogens (tertiary/aromatic N) is 6. The summed E-state index contributed by atoms with van der Waals surface area (Å²) in [5, 5.41) is 14.8. The number of carboxylic acid groups (broad SMARTS) is 1. The smallest absolute Gasteiger partial charge is 0.341 e. The quantitative estimate of drug-likeness (QED) is 0.454. The Kier molecular flexibility index (Phi) is 4.93. The molecule has 0 bridgehead atoms. The first-order valence-electron chi connectivity index (χ1n) is 10.1. The number of aryl methyl sites for hydroxylation is 2. The number of carbonyl (C=O) groups is 2. The van der Waals surface area contributed by atoms with Crippen LogP contribution in [0.25, 0.3) is 16.2 Å². The van der Waals surface area contributed by atoms with Crippen molar-refractivity contribution in [2.24, 2.45) is 13.0 Å². The largest absolute Gasteiger partial charge is 0.477 e. The summed E-state index contributed by atoms with van der Waals surface area (Å²) in [5.74, 6) is -0.536. The fourth-order valence-electron chi connectivity index (χ4n) is 3.81. The Labute approximate surface area is 191 Å². The Morgan fingerprint density at radius 3 is 2.67 bits per heavy atom. The number of pyridine rings is 2. The highest BCUT2D eigenvalue weighted by atomic mass is 32.1. The molecule has 168 valence electrons. The molecule has 4 aromatic rings. The van der Waals surface area contributed by atoms with Crippen molar-refractivity contribution in [2.75, 3.05) is 23.3 Å². The van der Waals surface area contributed by atoms with Gasteiger partial charge in [-0.2, -0.15) is 0 Å². The number of imidazole rings is 1. The van der Waals surface area contributed by atoms with E-state index in [0.29, 0.717) is 41.1 Å². The first-order chi connectivity index (χ1) is 15.8. The summed E-state index contributed by atoms with van der Waals surface area (Å²) in [5.41, 5.74) is 0.00904. The molecule has 1 aliphatic rings. The normalized spacial score (nSPS) is 13.8. The number of carboxylic acids is 1. The van der Waals surface area contributed by atoms with Gasteiger partial charge in [0.15, 0.2) is 16.6 Å². The van der Waals surface area contributed by atoms with Crippen molar-refractivity contribution in [3.05, 3.63) is 57.7 Å². The van der Waals surface area contributed by atoms with E-state index in [1.807, 2.05) is 11.9 Å². The molecule has 0 spiro atoms. The van der Waals surface area contributed by atoms with Gasteiger partial charge in [-0.15, -0.1) is 11.3 Å². The molecule has 0 radical (unpaired) electrons. The molecule has 1 aliphatic heterocycles. The van der Waals surface area contributed by atoms with E-state index in [4.69, 9.17) is 0 Å². The van der Waals surface area contributed by atoms with E-state index in [-0.39, 0.29) is 22.8 Å². The van der Waals surface area contributed by atoms with Crippen LogP contribution in [0.3, 0.4) is 0 Å². The average molecular weight is 465 g/mol. The first-order valence-corrected chi connectivity index (χ1v) is 10.9. The lowest BCUT2D eigenvalue weighted by molar-refractivity contribution is -0.120. The van der Waals surface area contributed by atoms with Crippen LogP contribution in [0.4, 0.5) is 11.6 Å². The Morgan fingerprint density at radius 2 is 2.03 bits per heavy atom. The number of amides is 1. The maximum atomic E-state index is 12.9. The average Bonchev–Trinajstić information content (AvgIpc) is 3.38. The Bertz CT molecular complexity index is 1450. The van der Waals surface area contributed by atoms with Crippen LogP contribution in [0, 0.1) is 12.8 Å². The van der Waals surface area contributed by atoms with Crippen LogP contribution in [-0.4, -0.2) is 54.2 Å². The van der Waals surface area contributed by atoms with Crippen LogP contribution in [0.1, 0.15) is 15.9 Å². The van der Waals surface area contributed by atoms with Crippen molar-refractivity contribution in [3.8, 4) is 5.13 Å². The summed E-state index contributed by atoms with van der Waals surface area (Å²) in [4.78, 5) is 52.0. The molecule has 1 saturated heterocycles. The third kappa shape index (κ3) is 3.63. The number of carbonyl (C=O) groups excluding carboxylic acids is 1. The molecule has 0 aromatic carbocycles. The van der Waals surface area contributed by atoms with E-state index in [1.54, 1.807) is 41.7 Å². The van der Waals surface area contributed by atoms with Crippen molar-refractivity contribution >= 4 is 45.9 Å². The second-order valence-corrected chi connectivity index (χ2v) is 8.75. The summed E-state index contributed by atoms with van der Waals surface area (Å²) in [6.07, 6.45) is 6.21. The van der Waals surface area contributed by atoms with E-state index in [2.05, 4.69) is 20.3 Å². The highest BCUT2D eigenvalue weighted by Crippen LogP contribution is 2.28. The van der Waals surface area contributed by atoms with Gasteiger partial charge >= 0.3 is 5.97 Å². The number of nitrogens with one attached hydrogen (secondary N) is 1. The first kappa shape index (κ1) is 20.8. The second kappa shape index (κ2) is 7.81. The number of aromatic nitrogens is 5. The fourth-order valence-corrected chi connectivity index (χ4v) is 4.43. The van der Waals surface area contributed by atoms with Crippen LogP contribution in [-0.2, 0) is 11.8 Å². The van der Waals surface area contributed by atoms with Gasteiger partial charge in [0.25, 0.3) is 0 Å². The number of thiazole rings is 1. The van der Waals surface area contributed by atoms with Gasteiger partial charge in [-0.1, -0.05) is 0 Å². The number of aromatic carboxylic acids is 1. The number of anilines is 2. The van der Waals surface area contributed by atoms with Gasteiger partial charge in [-0.25, -0.2) is 19.7 Å². The van der Waals surface area contributed by atoms with Crippen molar-refractivity contribution in [2.45, 2.75) is 6.92 Å². The maximum absolute atomic E-state index is 12.9. The van der Waals surface area contributed by atoms with Crippen LogP contribution in [0.5, 0.6) is 0 Å². The highest BCUT2D eigenvalue weighted by Gasteiger charge is 2.34. The van der Waals surface area contributed by atoms with Crippen LogP contribution < -0.4 is 15.6 Å². The Morgan fingerprint density at radius 1 is 1.24 bits per heavy atom. The van der Waals surface area contributed by atoms with Crippen LogP contribution in [0.15, 0.2) is 41.2 Å². The molecule has 0 atom stereocenters. The summed E-state index contributed by atoms with van der Waals surface area (Å²) in [7, 11) is 1.83. The standard InChI is InChI=1S/C21H19N7O4S/c1-11-5-15(27-6-12(7-27)19(30)24-14-9-26(2)10-23-14)25-18-16(11)17(29)13(20(31)32)8-28(18)21-22-3-4-33-21/h3-5,8-10,12H,6-7H2,1-2H3,(H,24,30)(H,31,32). The van der Waals surface area contributed by atoms with Gasteiger partial charge in [0, 0.05) is 44.1 Å². The second-order valence-electron chi connectivity index (χ2n) is 7.87. The zero-order valence-electron chi connectivity index (χ0n) is 17.7. The van der Waals surface area contributed by atoms with Crippen molar-refractivity contribution < 1.29 is 14.7 Å². The highest BCUT2D eigenvalue weighted by molar-refractivity contribution is 7.12. The van der Waals surface area contributed by atoms with Crippen LogP contribution >= 0.6 is 11.3 Å². The molecule has 2 N–H and O–H groups in total. The summed E-state index contributed by atoms with van der Waals surface area (Å²) >= 11 is 1.31. The number of hydrogen-bond donors (Lipinski definition) is 2. The molecular weight excluding hydrogens is 446 g/mol. The topological polar surface area (TPSA) is 135 Å². The van der Waals surface area contributed by atoms with Gasteiger partial charge < -0.3 is 19.9 Å². The van der Waals surface area contributed by atoms with Gasteiger partial charge in [0.1, 0.15) is 11.4 Å². The Balaban J connectivity index is 1.48. The minimum Gasteiger partial charge on any atom is -0.477 e. The predicted molar refractivity (Wildman–Crippen MR) is 122 cm³/mol. The minimum absolute atomic E-state index is 0.117. The van der Waals surface area contributed by atoms with Crippen molar-refractivity contribution in [3.63, 3.8) is 0 Å². The lowest BCUT2D eigenvalue weighted by Crippen LogP contribution is -2.52. The molecule has 11 nitrogen and oxygen atoms in total. The molecule has 0 unspecified atom stereocenters. The third-order valence-corrected chi connectivity index (χ3v) is 6.30. The molecule has 12 heteroatoms. The summed E-state index contributed by atoms with van der Waals surface area (Å²) in [6, 6.07) is 1.74. The lowest BCUT2D eigenvalue weighted by atomic mass is 9.98. The van der Waals surface area contributed by atoms with Gasteiger partial charge in [0.2, 0.25) is 11.3 Å². The monoisotopic (exact) mass is 465 g/mol. The van der Waals surface area contributed by atoms with E-state index in [0.717, 1.165) is 0 Å². The SMILES string of the molecule is Cc1cc(N2CC(C(=O)Nc3cn(C)cn3)C2)nc2c1c(=O)c(C(=O)O)cn2-c1nccs1. The van der Waals surface area contributed by atoms with Gasteiger partial charge in [0.05, 0.1) is 17.6 Å². The summed E-state index contributed by atoms with van der Waals surface area (Å²) < 4.78 is 3.29. The van der Waals surface area contributed by atoms with E-state index < -0.39 is 11.4 Å².